The molecule has 31 heavy (non-hydrogen) atoms. The molecule has 2 aliphatic rings. The van der Waals surface area contributed by atoms with Crippen molar-refractivity contribution in [3.8, 4) is 5.75 Å². The summed E-state index contributed by atoms with van der Waals surface area (Å²) in [6.07, 6.45) is 1.96. The van der Waals surface area contributed by atoms with Crippen molar-refractivity contribution in [3.63, 3.8) is 0 Å². The first kappa shape index (κ1) is 21.7. The number of likely N-dealkylation sites (tertiary alicyclic amines) is 1. The highest BCUT2D eigenvalue weighted by Gasteiger charge is 2.26. The second-order valence-electron chi connectivity index (χ2n) is 7.98. The van der Waals surface area contributed by atoms with E-state index in [2.05, 4.69) is 0 Å². The van der Waals surface area contributed by atoms with Crippen LogP contribution in [0, 0.1) is 5.92 Å². The molecular formula is C24H27ClN2O4. The predicted molar refractivity (Wildman–Crippen MR) is 119 cm³/mol. The summed E-state index contributed by atoms with van der Waals surface area (Å²) in [5, 5.41) is 0.484. The van der Waals surface area contributed by atoms with Crippen LogP contribution < -0.4 is 4.74 Å². The average molecular weight is 443 g/mol. The molecule has 2 aromatic rings. The monoisotopic (exact) mass is 442 g/mol. The summed E-state index contributed by atoms with van der Waals surface area (Å²) in [5.41, 5.74) is 1.20. The van der Waals surface area contributed by atoms with Crippen molar-refractivity contribution < 1.29 is 19.1 Å². The van der Waals surface area contributed by atoms with Crippen LogP contribution in [0.1, 0.15) is 33.6 Å². The predicted octanol–water partition coefficient (Wildman–Crippen LogP) is 3.74. The summed E-state index contributed by atoms with van der Waals surface area (Å²) in [6, 6.07) is 14.5. The summed E-state index contributed by atoms with van der Waals surface area (Å²) in [6.45, 7) is 4.35. The Morgan fingerprint density at radius 1 is 0.968 bits per heavy atom. The number of amides is 2. The van der Waals surface area contributed by atoms with Crippen LogP contribution in [0.15, 0.2) is 48.5 Å². The number of halogens is 1. The second kappa shape index (κ2) is 10.2. The third kappa shape index (κ3) is 5.38. The molecule has 0 bridgehead atoms. The number of hydrogen-bond donors (Lipinski definition) is 0. The molecule has 0 saturated carbocycles. The minimum Gasteiger partial charge on any atom is -0.493 e. The lowest BCUT2D eigenvalue weighted by Gasteiger charge is -2.33. The summed E-state index contributed by atoms with van der Waals surface area (Å²) >= 11 is 6.20. The summed E-state index contributed by atoms with van der Waals surface area (Å²) in [4.78, 5) is 29.0. The van der Waals surface area contributed by atoms with Crippen LogP contribution in [0.5, 0.6) is 5.75 Å². The number of benzene rings is 2. The smallest absolute Gasteiger partial charge is 0.255 e. The first-order chi connectivity index (χ1) is 15.1. The van der Waals surface area contributed by atoms with Gasteiger partial charge in [-0.15, -0.1) is 0 Å². The fraction of sp³-hybridized carbons (Fsp3) is 0.417. The Morgan fingerprint density at radius 2 is 1.71 bits per heavy atom. The Balaban J connectivity index is 1.30. The van der Waals surface area contributed by atoms with Gasteiger partial charge in [0, 0.05) is 37.7 Å². The van der Waals surface area contributed by atoms with Gasteiger partial charge in [0.25, 0.3) is 11.8 Å². The van der Waals surface area contributed by atoms with Crippen LogP contribution in [0.3, 0.4) is 0 Å². The van der Waals surface area contributed by atoms with Crippen LogP contribution in [-0.2, 0) is 4.74 Å². The third-order valence-electron chi connectivity index (χ3n) is 5.80. The molecule has 1 atom stereocenters. The molecule has 2 heterocycles. The standard InChI is InChI=1S/C24H27ClN2O4/c25-22-6-2-1-5-21(22)24(29)27-11-3-4-18(16-27)17-31-20-9-7-19(8-10-20)23(28)26-12-14-30-15-13-26/h1-2,5-10,18H,3-4,11-17H2/t18-/m1/s1. The van der Waals surface area contributed by atoms with Gasteiger partial charge in [-0.25, -0.2) is 0 Å². The molecule has 0 aliphatic carbocycles. The summed E-state index contributed by atoms with van der Waals surface area (Å²) in [5.74, 6) is 0.986. The van der Waals surface area contributed by atoms with Crippen LogP contribution >= 0.6 is 11.6 Å². The normalized spacial score (nSPS) is 19.2. The Bertz CT molecular complexity index is 912. The van der Waals surface area contributed by atoms with Crippen molar-refractivity contribution in [3.05, 3.63) is 64.7 Å². The van der Waals surface area contributed by atoms with Gasteiger partial charge >= 0.3 is 0 Å². The van der Waals surface area contributed by atoms with Crippen molar-refractivity contribution in [2.75, 3.05) is 46.0 Å². The number of hydrogen-bond acceptors (Lipinski definition) is 4. The van der Waals surface area contributed by atoms with E-state index in [1.165, 1.54) is 0 Å². The molecule has 2 fully saturated rings. The maximum Gasteiger partial charge on any atom is 0.255 e. The lowest BCUT2D eigenvalue weighted by Crippen LogP contribution is -2.41. The fourth-order valence-electron chi connectivity index (χ4n) is 4.05. The van der Waals surface area contributed by atoms with Gasteiger partial charge in [-0.1, -0.05) is 23.7 Å². The number of ether oxygens (including phenoxy) is 2. The molecule has 7 heteroatoms. The van der Waals surface area contributed by atoms with E-state index in [-0.39, 0.29) is 17.7 Å². The quantitative estimate of drug-likeness (QED) is 0.707. The van der Waals surface area contributed by atoms with Crippen molar-refractivity contribution in [2.45, 2.75) is 12.8 Å². The zero-order chi connectivity index (χ0) is 21.6. The van der Waals surface area contributed by atoms with Gasteiger partial charge in [-0.05, 0) is 49.2 Å². The molecule has 2 amide bonds. The van der Waals surface area contributed by atoms with Crippen molar-refractivity contribution in [2.24, 2.45) is 5.92 Å². The van der Waals surface area contributed by atoms with Crippen molar-refractivity contribution in [1.82, 2.24) is 9.80 Å². The molecule has 0 unspecified atom stereocenters. The van der Waals surface area contributed by atoms with E-state index in [0.717, 1.165) is 25.1 Å². The topological polar surface area (TPSA) is 59.1 Å². The number of nitrogens with zero attached hydrogens (tertiary/aromatic N) is 2. The van der Waals surface area contributed by atoms with E-state index < -0.39 is 0 Å². The molecule has 2 aliphatic heterocycles. The molecule has 2 saturated heterocycles. The lowest BCUT2D eigenvalue weighted by atomic mass is 9.98. The highest BCUT2D eigenvalue weighted by atomic mass is 35.5. The summed E-state index contributed by atoms with van der Waals surface area (Å²) < 4.78 is 11.3. The average Bonchev–Trinajstić information content (AvgIpc) is 2.83. The number of carbonyl (C=O) groups excluding carboxylic acids is 2. The SMILES string of the molecule is O=C(c1ccc(OC[C@@H]2CCCN(C(=O)c3ccccc3Cl)C2)cc1)N1CCOCC1. The number of rotatable bonds is 5. The van der Waals surface area contributed by atoms with Gasteiger partial charge < -0.3 is 19.3 Å². The zero-order valence-corrected chi connectivity index (χ0v) is 18.2. The molecule has 0 spiro atoms. The molecule has 0 aromatic heterocycles. The molecule has 2 aromatic carbocycles. The molecule has 0 N–H and O–H groups in total. The Kier molecular flexibility index (Phi) is 7.10. The first-order valence-corrected chi connectivity index (χ1v) is 11.1. The van der Waals surface area contributed by atoms with Crippen LogP contribution in [-0.4, -0.2) is 67.6 Å². The Labute approximate surface area is 187 Å². The number of piperidine rings is 1. The summed E-state index contributed by atoms with van der Waals surface area (Å²) in [7, 11) is 0. The maximum absolute atomic E-state index is 12.8. The van der Waals surface area contributed by atoms with Gasteiger partial charge in [-0.3, -0.25) is 9.59 Å². The van der Waals surface area contributed by atoms with Crippen LogP contribution in [0.25, 0.3) is 0 Å². The Hall–Kier alpha value is -2.57. The zero-order valence-electron chi connectivity index (χ0n) is 17.5. The molecular weight excluding hydrogens is 416 g/mol. The number of carbonyl (C=O) groups is 2. The molecule has 164 valence electrons. The van der Waals surface area contributed by atoms with Gasteiger partial charge in [0.1, 0.15) is 5.75 Å². The van der Waals surface area contributed by atoms with Crippen molar-refractivity contribution >= 4 is 23.4 Å². The lowest BCUT2D eigenvalue weighted by molar-refractivity contribution is 0.0303. The van der Waals surface area contributed by atoms with Gasteiger partial charge in [0.05, 0.1) is 30.4 Å². The fourth-order valence-corrected chi connectivity index (χ4v) is 4.26. The highest BCUT2D eigenvalue weighted by Crippen LogP contribution is 2.23. The second-order valence-corrected chi connectivity index (χ2v) is 8.39. The van der Waals surface area contributed by atoms with Gasteiger partial charge in [0.15, 0.2) is 0 Å². The van der Waals surface area contributed by atoms with E-state index in [1.54, 1.807) is 24.3 Å². The van der Waals surface area contributed by atoms with E-state index in [4.69, 9.17) is 21.1 Å². The largest absolute Gasteiger partial charge is 0.493 e. The first-order valence-electron chi connectivity index (χ1n) is 10.8. The third-order valence-corrected chi connectivity index (χ3v) is 6.13. The molecule has 6 nitrogen and oxygen atoms in total. The molecule has 0 radical (unpaired) electrons. The maximum atomic E-state index is 12.8. The van der Waals surface area contributed by atoms with Crippen LogP contribution in [0.4, 0.5) is 0 Å². The van der Waals surface area contributed by atoms with Crippen LogP contribution in [0.2, 0.25) is 5.02 Å². The minimum atomic E-state index is -0.0266. The van der Waals surface area contributed by atoms with E-state index in [0.29, 0.717) is 55.6 Å². The van der Waals surface area contributed by atoms with Gasteiger partial charge in [-0.2, -0.15) is 0 Å². The van der Waals surface area contributed by atoms with E-state index in [1.807, 2.05) is 34.1 Å². The van der Waals surface area contributed by atoms with E-state index in [9.17, 15) is 9.59 Å². The van der Waals surface area contributed by atoms with Crippen molar-refractivity contribution in [1.29, 1.82) is 0 Å². The Morgan fingerprint density at radius 3 is 2.45 bits per heavy atom. The van der Waals surface area contributed by atoms with E-state index >= 15 is 0 Å². The molecule has 4 rings (SSSR count). The highest BCUT2D eigenvalue weighted by molar-refractivity contribution is 6.33. The minimum absolute atomic E-state index is 0.0239. The number of morpholine rings is 1. The van der Waals surface area contributed by atoms with Gasteiger partial charge in [0.2, 0.25) is 0 Å².